The molecule has 2 rings (SSSR count). The number of aromatic hydroxyl groups is 2. The summed E-state index contributed by atoms with van der Waals surface area (Å²) in [6, 6.07) is 11.7. The van der Waals surface area contributed by atoms with Crippen molar-refractivity contribution in [3.63, 3.8) is 0 Å². The number of nitrogens with zero attached hydrogens (tertiary/aromatic N) is 1. The number of carbonyl (C=O) groups is 1. The third-order valence-electron chi connectivity index (χ3n) is 3.15. The second-order valence-corrected chi connectivity index (χ2v) is 4.69. The number of methoxy groups -OCH3 is 1. The molecule has 0 aliphatic carbocycles. The molecular weight excluding hydrogens is 270 g/mol. The number of phenolic OH excluding ortho intramolecular Hbond substituents is 2. The highest BCUT2D eigenvalue weighted by atomic mass is 16.5. The van der Waals surface area contributed by atoms with E-state index in [2.05, 4.69) is 0 Å². The molecule has 0 unspecified atom stereocenters. The first-order valence-electron chi connectivity index (χ1n) is 6.42. The number of hydrogen-bond acceptors (Lipinski definition) is 4. The summed E-state index contributed by atoms with van der Waals surface area (Å²) >= 11 is 0. The van der Waals surface area contributed by atoms with Crippen molar-refractivity contribution in [1.29, 1.82) is 0 Å². The standard InChI is InChI=1S/C16H17NO4/c1-17(10-11-5-3-6-12(9-11)21-2)16(20)13-7-4-8-14(18)15(13)19/h3-9,18-19H,10H2,1-2H3. The molecule has 1 amide bonds. The predicted molar refractivity (Wildman–Crippen MR) is 78.6 cm³/mol. The van der Waals surface area contributed by atoms with Crippen LogP contribution in [0.5, 0.6) is 17.2 Å². The van der Waals surface area contributed by atoms with E-state index in [1.807, 2.05) is 24.3 Å². The minimum Gasteiger partial charge on any atom is -0.504 e. The van der Waals surface area contributed by atoms with Crippen LogP contribution in [0.25, 0.3) is 0 Å². The Morgan fingerprint density at radius 2 is 1.90 bits per heavy atom. The SMILES string of the molecule is COc1cccc(CN(C)C(=O)c2cccc(O)c2O)c1. The van der Waals surface area contributed by atoms with E-state index in [1.165, 1.54) is 23.1 Å². The average molecular weight is 287 g/mol. The Labute approximate surface area is 123 Å². The number of carbonyl (C=O) groups excluding carboxylic acids is 1. The van der Waals surface area contributed by atoms with Gasteiger partial charge in [0.15, 0.2) is 11.5 Å². The highest BCUT2D eigenvalue weighted by molar-refractivity contribution is 5.97. The van der Waals surface area contributed by atoms with E-state index in [9.17, 15) is 15.0 Å². The van der Waals surface area contributed by atoms with Gasteiger partial charge in [0, 0.05) is 13.6 Å². The van der Waals surface area contributed by atoms with E-state index in [0.717, 1.165) is 5.56 Å². The Hall–Kier alpha value is -2.69. The first-order valence-corrected chi connectivity index (χ1v) is 6.42. The summed E-state index contributed by atoms with van der Waals surface area (Å²) in [6.07, 6.45) is 0. The molecule has 0 saturated heterocycles. The molecule has 0 fully saturated rings. The summed E-state index contributed by atoms with van der Waals surface area (Å²) < 4.78 is 5.14. The fourth-order valence-corrected chi connectivity index (χ4v) is 2.03. The van der Waals surface area contributed by atoms with Crippen molar-refractivity contribution in [3.05, 3.63) is 53.6 Å². The fraction of sp³-hybridized carbons (Fsp3) is 0.188. The molecule has 5 heteroatoms. The Morgan fingerprint density at radius 1 is 1.19 bits per heavy atom. The topological polar surface area (TPSA) is 70.0 Å². The molecule has 0 radical (unpaired) electrons. The van der Waals surface area contributed by atoms with Gasteiger partial charge < -0.3 is 19.8 Å². The Kier molecular flexibility index (Phi) is 4.33. The Morgan fingerprint density at radius 3 is 2.62 bits per heavy atom. The molecule has 2 aromatic rings. The van der Waals surface area contributed by atoms with Crippen LogP contribution in [0.3, 0.4) is 0 Å². The molecule has 2 aromatic carbocycles. The molecule has 0 aromatic heterocycles. The van der Waals surface area contributed by atoms with Crippen molar-refractivity contribution in [2.24, 2.45) is 0 Å². The van der Waals surface area contributed by atoms with Crippen LogP contribution in [0.4, 0.5) is 0 Å². The number of hydrogen-bond donors (Lipinski definition) is 2. The van der Waals surface area contributed by atoms with E-state index in [-0.39, 0.29) is 17.2 Å². The molecule has 0 atom stereocenters. The number of benzene rings is 2. The van der Waals surface area contributed by atoms with Crippen LogP contribution >= 0.6 is 0 Å². The lowest BCUT2D eigenvalue weighted by Crippen LogP contribution is -2.26. The van der Waals surface area contributed by atoms with Gasteiger partial charge in [0.1, 0.15) is 5.75 Å². The summed E-state index contributed by atoms with van der Waals surface area (Å²) in [4.78, 5) is 13.8. The number of para-hydroxylation sites is 1. The summed E-state index contributed by atoms with van der Waals surface area (Å²) in [7, 11) is 3.21. The van der Waals surface area contributed by atoms with Crippen molar-refractivity contribution in [3.8, 4) is 17.2 Å². The number of amides is 1. The normalized spacial score (nSPS) is 10.2. The Balaban J connectivity index is 2.17. The molecule has 0 bridgehead atoms. The third kappa shape index (κ3) is 3.25. The van der Waals surface area contributed by atoms with Crippen LogP contribution in [0.2, 0.25) is 0 Å². The van der Waals surface area contributed by atoms with E-state index < -0.39 is 5.75 Å². The van der Waals surface area contributed by atoms with Crippen LogP contribution in [0.15, 0.2) is 42.5 Å². The third-order valence-corrected chi connectivity index (χ3v) is 3.15. The molecule has 2 N–H and O–H groups in total. The quantitative estimate of drug-likeness (QED) is 0.847. The van der Waals surface area contributed by atoms with Gasteiger partial charge in [-0.15, -0.1) is 0 Å². The summed E-state index contributed by atoms with van der Waals surface area (Å²) in [5, 5.41) is 19.2. The van der Waals surface area contributed by atoms with Crippen LogP contribution in [-0.2, 0) is 6.54 Å². The molecule has 5 nitrogen and oxygen atoms in total. The van der Waals surface area contributed by atoms with E-state index in [4.69, 9.17) is 4.74 Å². The van der Waals surface area contributed by atoms with Gasteiger partial charge in [-0.1, -0.05) is 18.2 Å². The Bertz CT molecular complexity index is 654. The zero-order valence-electron chi connectivity index (χ0n) is 11.9. The average Bonchev–Trinajstić information content (AvgIpc) is 2.49. The minimum atomic E-state index is -0.403. The van der Waals surface area contributed by atoms with Crippen molar-refractivity contribution in [2.75, 3.05) is 14.2 Å². The zero-order valence-corrected chi connectivity index (χ0v) is 11.9. The lowest BCUT2D eigenvalue weighted by molar-refractivity contribution is 0.0781. The van der Waals surface area contributed by atoms with Gasteiger partial charge in [-0.3, -0.25) is 4.79 Å². The van der Waals surface area contributed by atoms with Gasteiger partial charge in [-0.25, -0.2) is 0 Å². The molecule has 21 heavy (non-hydrogen) atoms. The second-order valence-electron chi connectivity index (χ2n) is 4.69. The lowest BCUT2D eigenvalue weighted by atomic mass is 10.1. The highest BCUT2D eigenvalue weighted by Crippen LogP contribution is 2.29. The van der Waals surface area contributed by atoms with Gasteiger partial charge in [-0.2, -0.15) is 0 Å². The van der Waals surface area contributed by atoms with E-state index in [1.54, 1.807) is 14.2 Å². The van der Waals surface area contributed by atoms with Crippen molar-refractivity contribution < 1.29 is 19.7 Å². The first-order chi connectivity index (χ1) is 10.0. The summed E-state index contributed by atoms with van der Waals surface area (Å²) in [5.41, 5.74) is 0.977. The predicted octanol–water partition coefficient (Wildman–Crippen LogP) is 2.38. The highest BCUT2D eigenvalue weighted by Gasteiger charge is 2.18. The van der Waals surface area contributed by atoms with Crippen LogP contribution in [-0.4, -0.2) is 35.2 Å². The molecular formula is C16H17NO4. The second kappa shape index (κ2) is 6.17. The van der Waals surface area contributed by atoms with Gasteiger partial charge >= 0.3 is 0 Å². The summed E-state index contributed by atoms with van der Waals surface area (Å²) in [5.74, 6) is -0.365. The molecule has 110 valence electrons. The molecule has 0 spiro atoms. The molecule has 0 heterocycles. The van der Waals surface area contributed by atoms with Crippen LogP contribution < -0.4 is 4.74 Å². The maximum Gasteiger partial charge on any atom is 0.257 e. The van der Waals surface area contributed by atoms with Gasteiger partial charge in [0.2, 0.25) is 0 Å². The van der Waals surface area contributed by atoms with Gasteiger partial charge in [0.25, 0.3) is 5.91 Å². The van der Waals surface area contributed by atoms with Gasteiger partial charge in [0.05, 0.1) is 12.7 Å². The summed E-state index contributed by atoms with van der Waals surface area (Å²) in [6.45, 7) is 0.366. The van der Waals surface area contributed by atoms with Crippen molar-refractivity contribution in [2.45, 2.75) is 6.54 Å². The molecule has 0 aliphatic rings. The van der Waals surface area contributed by atoms with E-state index in [0.29, 0.717) is 12.3 Å². The lowest BCUT2D eigenvalue weighted by Gasteiger charge is -2.18. The molecule has 0 saturated carbocycles. The van der Waals surface area contributed by atoms with Crippen LogP contribution in [0.1, 0.15) is 15.9 Å². The number of phenols is 2. The maximum atomic E-state index is 12.3. The first kappa shape index (κ1) is 14.7. The fourth-order valence-electron chi connectivity index (χ4n) is 2.03. The monoisotopic (exact) mass is 287 g/mol. The van der Waals surface area contributed by atoms with Crippen LogP contribution in [0, 0.1) is 0 Å². The zero-order chi connectivity index (χ0) is 15.4. The minimum absolute atomic E-state index is 0.0698. The number of rotatable bonds is 4. The van der Waals surface area contributed by atoms with E-state index >= 15 is 0 Å². The number of ether oxygens (including phenoxy) is 1. The molecule has 0 aliphatic heterocycles. The van der Waals surface area contributed by atoms with Crippen molar-refractivity contribution in [1.82, 2.24) is 4.90 Å². The smallest absolute Gasteiger partial charge is 0.257 e. The maximum absolute atomic E-state index is 12.3. The largest absolute Gasteiger partial charge is 0.504 e. The van der Waals surface area contributed by atoms with Gasteiger partial charge in [-0.05, 0) is 29.8 Å². The van der Waals surface area contributed by atoms with Crippen molar-refractivity contribution >= 4 is 5.91 Å².